The minimum absolute atomic E-state index is 0.114. The Balaban J connectivity index is 1.57. The van der Waals surface area contributed by atoms with E-state index in [9.17, 15) is 9.90 Å². The van der Waals surface area contributed by atoms with Gasteiger partial charge >= 0.3 is 0 Å². The van der Waals surface area contributed by atoms with E-state index >= 15 is 0 Å². The number of pyridine rings is 1. The summed E-state index contributed by atoms with van der Waals surface area (Å²) >= 11 is 0. The van der Waals surface area contributed by atoms with Crippen LogP contribution in [0.3, 0.4) is 0 Å². The first-order valence-electron chi connectivity index (χ1n) is 12.1. The summed E-state index contributed by atoms with van der Waals surface area (Å²) in [7, 11) is 0. The summed E-state index contributed by atoms with van der Waals surface area (Å²) in [5.74, 6) is 1.95. The van der Waals surface area contributed by atoms with Crippen LogP contribution in [0.1, 0.15) is 38.4 Å². The van der Waals surface area contributed by atoms with Crippen LogP contribution < -0.4 is 16.0 Å². The predicted molar refractivity (Wildman–Crippen MR) is 140 cm³/mol. The zero-order valence-corrected chi connectivity index (χ0v) is 20.2. The van der Waals surface area contributed by atoms with Gasteiger partial charge in [-0.1, -0.05) is 24.3 Å². The maximum Gasteiger partial charge on any atom is 0.263 e. The van der Waals surface area contributed by atoms with Gasteiger partial charge in [-0.25, -0.2) is 9.97 Å². The largest absolute Gasteiger partial charge is 0.492 e. The minimum Gasteiger partial charge on any atom is -0.492 e. The molecule has 3 N–H and O–H groups in total. The van der Waals surface area contributed by atoms with Crippen molar-refractivity contribution in [2.45, 2.75) is 38.2 Å². The van der Waals surface area contributed by atoms with Gasteiger partial charge in [0.2, 0.25) is 0 Å². The van der Waals surface area contributed by atoms with Gasteiger partial charge in [0, 0.05) is 34.9 Å². The van der Waals surface area contributed by atoms with Gasteiger partial charge in [0.05, 0.1) is 23.8 Å². The predicted octanol–water partition coefficient (Wildman–Crippen LogP) is 4.31. The maximum atomic E-state index is 13.7. The molecule has 0 spiro atoms. The molecule has 1 fully saturated rings. The van der Waals surface area contributed by atoms with Crippen LogP contribution in [0.15, 0.2) is 71.9 Å². The van der Waals surface area contributed by atoms with Crippen LogP contribution in [-0.2, 0) is 0 Å². The Morgan fingerprint density at radius 1 is 1.17 bits per heavy atom. The Morgan fingerprint density at radius 3 is 2.67 bits per heavy atom. The minimum atomic E-state index is -0.684. The molecule has 0 amide bonds. The lowest BCUT2D eigenvalue weighted by molar-refractivity contribution is -0.0335. The first-order valence-corrected chi connectivity index (χ1v) is 12.1. The van der Waals surface area contributed by atoms with E-state index in [-0.39, 0.29) is 11.5 Å². The number of fused-ring (bicyclic) bond motifs is 2. The van der Waals surface area contributed by atoms with Gasteiger partial charge in [0.15, 0.2) is 0 Å². The highest BCUT2D eigenvalue weighted by molar-refractivity contribution is 5.94. The second kappa shape index (κ2) is 8.20. The number of para-hydroxylation sites is 1. The number of aromatic nitrogens is 4. The van der Waals surface area contributed by atoms with Gasteiger partial charge in [0.25, 0.3) is 5.56 Å². The van der Waals surface area contributed by atoms with Crippen LogP contribution in [0.4, 0.5) is 5.82 Å². The highest BCUT2D eigenvalue weighted by Gasteiger charge is 2.41. The van der Waals surface area contributed by atoms with E-state index < -0.39 is 5.60 Å². The van der Waals surface area contributed by atoms with Crippen LogP contribution in [0.2, 0.25) is 0 Å². The summed E-state index contributed by atoms with van der Waals surface area (Å²) < 4.78 is 9.49. The molecule has 5 aromatic rings. The number of hydrogen-bond acceptors (Lipinski definition) is 6. The van der Waals surface area contributed by atoms with Crippen LogP contribution in [-0.4, -0.2) is 36.3 Å². The number of hydrogen-bond donors (Lipinski definition) is 2. The standard InChI is InChI=1S/C28H27N5O3/c1-3-36-22-16-33(19-7-5-4-6-8-19)27(34)21-13-17(9-10-20(21)22)23-24-25(29)30-11-12-32(24)26(31-23)18-14-28(2,35)15-18/h4-13,16,18,35H,3,14-15H2,1-2H3,(H2,29,30). The van der Waals surface area contributed by atoms with E-state index in [1.807, 2.05) is 73.0 Å². The van der Waals surface area contributed by atoms with Crippen molar-refractivity contribution in [2.24, 2.45) is 0 Å². The SMILES string of the molecule is CCOc1cn(-c2ccccc2)c(=O)c2cc(-c3nc(C4CC(C)(O)C4)n4ccnc(N)c34)ccc12. The van der Waals surface area contributed by atoms with Crippen LogP contribution in [0.25, 0.3) is 33.2 Å². The van der Waals surface area contributed by atoms with Crippen molar-refractivity contribution >= 4 is 22.1 Å². The normalized spacial score (nSPS) is 19.5. The summed E-state index contributed by atoms with van der Waals surface area (Å²) in [4.78, 5) is 22.9. The second-order valence-corrected chi connectivity index (χ2v) is 9.65. The summed E-state index contributed by atoms with van der Waals surface area (Å²) in [6.45, 7) is 4.24. The third-order valence-corrected chi connectivity index (χ3v) is 6.94. The molecule has 1 aliphatic rings. The van der Waals surface area contributed by atoms with Gasteiger partial charge in [0.1, 0.15) is 28.6 Å². The Kier molecular flexibility index (Phi) is 5.08. The quantitative estimate of drug-likeness (QED) is 0.387. The van der Waals surface area contributed by atoms with Gasteiger partial charge in [-0.2, -0.15) is 0 Å². The van der Waals surface area contributed by atoms with Gasteiger partial charge in [-0.15, -0.1) is 0 Å². The topological polar surface area (TPSA) is 108 Å². The average Bonchev–Trinajstić information content (AvgIpc) is 3.25. The zero-order valence-electron chi connectivity index (χ0n) is 20.2. The molecule has 1 aliphatic carbocycles. The van der Waals surface area contributed by atoms with Crippen molar-refractivity contribution in [2.75, 3.05) is 12.3 Å². The molecule has 8 heteroatoms. The highest BCUT2D eigenvalue weighted by Crippen LogP contribution is 2.45. The average molecular weight is 482 g/mol. The highest BCUT2D eigenvalue weighted by atomic mass is 16.5. The number of aliphatic hydroxyl groups is 1. The summed E-state index contributed by atoms with van der Waals surface area (Å²) in [5.41, 5.74) is 8.38. The monoisotopic (exact) mass is 481 g/mol. The fourth-order valence-electron chi connectivity index (χ4n) is 5.27. The molecule has 2 aromatic carbocycles. The number of imidazole rings is 1. The smallest absolute Gasteiger partial charge is 0.263 e. The molecule has 3 heterocycles. The zero-order chi connectivity index (χ0) is 25.0. The Hall–Kier alpha value is -4.17. The second-order valence-electron chi connectivity index (χ2n) is 9.65. The Bertz CT molecular complexity index is 1660. The van der Waals surface area contributed by atoms with E-state index in [2.05, 4.69) is 4.98 Å². The summed E-state index contributed by atoms with van der Waals surface area (Å²) in [6.07, 6.45) is 6.51. The van der Waals surface area contributed by atoms with Crippen molar-refractivity contribution in [1.82, 2.24) is 18.9 Å². The first kappa shape index (κ1) is 22.3. The molecule has 1 saturated carbocycles. The van der Waals surface area contributed by atoms with E-state index in [4.69, 9.17) is 15.5 Å². The molecule has 8 nitrogen and oxygen atoms in total. The molecular formula is C28H27N5O3. The first-order chi connectivity index (χ1) is 17.4. The molecule has 0 radical (unpaired) electrons. The molecule has 0 aliphatic heterocycles. The van der Waals surface area contributed by atoms with Gasteiger partial charge in [-0.05, 0) is 51.0 Å². The number of nitrogens with zero attached hydrogens (tertiary/aromatic N) is 4. The fraction of sp³-hybridized carbons (Fsp3) is 0.250. The number of rotatable bonds is 5. The summed E-state index contributed by atoms with van der Waals surface area (Å²) in [6, 6.07) is 15.2. The van der Waals surface area contributed by atoms with Crippen LogP contribution in [0, 0.1) is 0 Å². The number of benzene rings is 2. The van der Waals surface area contributed by atoms with Gasteiger partial charge in [-0.3, -0.25) is 13.8 Å². The molecule has 6 rings (SSSR count). The lowest BCUT2D eigenvalue weighted by atomic mass is 9.72. The molecule has 182 valence electrons. The van der Waals surface area contributed by atoms with Crippen LogP contribution >= 0.6 is 0 Å². The molecule has 0 bridgehead atoms. The third kappa shape index (κ3) is 3.53. The lowest BCUT2D eigenvalue weighted by Crippen LogP contribution is -2.40. The van der Waals surface area contributed by atoms with Crippen molar-refractivity contribution in [3.05, 3.63) is 83.3 Å². The maximum absolute atomic E-state index is 13.7. The van der Waals surface area contributed by atoms with E-state index in [0.29, 0.717) is 47.6 Å². The summed E-state index contributed by atoms with van der Waals surface area (Å²) in [5, 5.41) is 11.6. The van der Waals surface area contributed by atoms with Crippen molar-refractivity contribution in [3.8, 4) is 22.7 Å². The molecule has 36 heavy (non-hydrogen) atoms. The van der Waals surface area contributed by atoms with E-state index in [1.54, 1.807) is 17.0 Å². The molecule has 0 saturated heterocycles. The van der Waals surface area contributed by atoms with Crippen LogP contribution in [0.5, 0.6) is 5.75 Å². The van der Waals surface area contributed by atoms with Gasteiger partial charge < -0.3 is 15.6 Å². The number of anilines is 1. The van der Waals surface area contributed by atoms with Crippen molar-refractivity contribution in [1.29, 1.82) is 0 Å². The lowest BCUT2D eigenvalue weighted by Gasteiger charge is -2.40. The Morgan fingerprint density at radius 2 is 1.94 bits per heavy atom. The van der Waals surface area contributed by atoms with Crippen molar-refractivity contribution < 1.29 is 9.84 Å². The third-order valence-electron chi connectivity index (χ3n) is 6.94. The fourth-order valence-corrected chi connectivity index (χ4v) is 5.27. The molecule has 0 atom stereocenters. The Labute approximate surface area is 207 Å². The molecular weight excluding hydrogens is 454 g/mol. The number of ether oxygens (including phenoxy) is 1. The number of nitrogen functional groups attached to an aromatic ring is 1. The van der Waals surface area contributed by atoms with E-state index in [0.717, 1.165) is 22.5 Å². The van der Waals surface area contributed by atoms with E-state index in [1.165, 1.54) is 0 Å². The van der Waals surface area contributed by atoms with Crippen molar-refractivity contribution in [3.63, 3.8) is 0 Å². The molecule has 0 unspecified atom stereocenters. The number of nitrogens with two attached hydrogens (primary N) is 1. The molecule has 3 aromatic heterocycles.